The number of hydrogen-bond donors (Lipinski definition) is 2. The van der Waals surface area contributed by atoms with Crippen LogP contribution in [-0.4, -0.2) is 33.0 Å². The Morgan fingerprint density at radius 3 is 2.11 bits per heavy atom. The van der Waals surface area contributed by atoms with Crippen molar-refractivity contribution in [3.05, 3.63) is 89.0 Å². The normalized spacial score (nSPS) is 11.6. The van der Waals surface area contributed by atoms with Gasteiger partial charge in [0.25, 0.3) is 5.91 Å². The number of carbonyl (C=O) groups excluding carboxylic acids is 2. The Kier molecular flexibility index (Phi) is 8.99. The summed E-state index contributed by atoms with van der Waals surface area (Å²) in [7, 11) is -3.50. The lowest BCUT2D eigenvalue weighted by atomic mass is 9.87. The zero-order chi connectivity index (χ0) is 28.1. The third-order valence-electron chi connectivity index (χ3n) is 6.22. The molecule has 0 heterocycles. The van der Waals surface area contributed by atoms with E-state index in [-0.39, 0.29) is 30.2 Å². The van der Waals surface area contributed by atoms with Crippen LogP contribution in [0.2, 0.25) is 0 Å². The fourth-order valence-corrected chi connectivity index (χ4v) is 5.07. The summed E-state index contributed by atoms with van der Waals surface area (Å²) in [6.45, 7) is 10.3. The molecule has 0 radical (unpaired) electrons. The zero-order valence-electron chi connectivity index (χ0n) is 23.0. The number of anilines is 3. The number of benzene rings is 3. The van der Waals surface area contributed by atoms with Crippen LogP contribution in [-0.2, 0) is 20.2 Å². The fourth-order valence-electron chi connectivity index (χ4n) is 4.06. The van der Waals surface area contributed by atoms with Crippen LogP contribution >= 0.6 is 0 Å². The van der Waals surface area contributed by atoms with Gasteiger partial charge in [-0.25, -0.2) is 8.42 Å². The van der Waals surface area contributed by atoms with E-state index in [4.69, 9.17) is 0 Å². The van der Waals surface area contributed by atoms with Gasteiger partial charge in [-0.2, -0.15) is 0 Å². The maximum absolute atomic E-state index is 12.7. The number of nitrogens with zero attached hydrogens (tertiary/aromatic N) is 1. The number of carbonyl (C=O) groups is 2. The number of amides is 2. The molecule has 0 unspecified atom stereocenters. The SMILES string of the molecule is Cc1ccc(C)c(N(CCCC(=O)Nc2cccc(NC(=O)c3ccc(C(C)(C)C)cc3)c2)S(C)(=O)=O)c1. The summed E-state index contributed by atoms with van der Waals surface area (Å²) in [6.07, 6.45) is 1.68. The molecule has 0 fully saturated rings. The van der Waals surface area contributed by atoms with E-state index in [1.807, 2.05) is 44.2 Å². The second-order valence-corrected chi connectivity index (χ2v) is 12.5. The molecular weight excluding hydrogens is 498 g/mol. The molecule has 0 aromatic heterocycles. The van der Waals surface area contributed by atoms with Crippen molar-refractivity contribution in [1.82, 2.24) is 0 Å². The quantitative estimate of drug-likeness (QED) is 0.349. The van der Waals surface area contributed by atoms with E-state index in [1.54, 1.807) is 36.4 Å². The van der Waals surface area contributed by atoms with Crippen LogP contribution in [0.5, 0.6) is 0 Å². The molecule has 202 valence electrons. The molecule has 0 spiro atoms. The minimum absolute atomic E-state index is 0.00412. The molecule has 38 heavy (non-hydrogen) atoms. The van der Waals surface area contributed by atoms with Crippen molar-refractivity contribution >= 4 is 38.9 Å². The number of nitrogens with one attached hydrogen (secondary N) is 2. The van der Waals surface area contributed by atoms with Gasteiger partial charge in [0.05, 0.1) is 11.9 Å². The molecule has 7 nitrogen and oxygen atoms in total. The Balaban J connectivity index is 1.59. The molecule has 0 aliphatic carbocycles. The zero-order valence-corrected chi connectivity index (χ0v) is 23.8. The lowest BCUT2D eigenvalue weighted by Crippen LogP contribution is -2.32. The number of aryl methyl sites for hydroxylation is 2. The first-order valence-corrected chi connectivity index (χ1v) is 14.5. The molecule has 2 N–H and O–H groups in total. The predicted molar refractivity (Wildman–Crippen MR) is 156 cm³/mol. The molecule has 0 atom stereocenters. The molecule has 0 aliphatic heterocycles. The Hall–Kier alpha value is -3.65. The van der Waals surface area contributed by atoms with Crippen molar-refractivity contribution in [1.29, 1.82) is 0 Å². The van der Waals surface area contributed by atoms with E-state index in [0.717, 1.165) is 16.7 Å². The van der Waals surface area contributed by atoms with Crippen molar-refractivity contribution < 1.29 is 18.0 Å². The highest BCUT2D eigenvalue weighted by atomic mass is 32.2. The Morgan fingerprint density at radius 2 is 1.50 bits per heavy atom. The summed E-state index contributed by atoms with van der Waals surface area (Å²) in [6, 6.07) is 20.1. The Morgan fingerprint density at radius 1 is 0.868 bits per heavy atom. The van der Waals surface area contributed by atoms with Crippen LogP contribution in [0.4, 0.5) is 17.1 Å². The number of sulfonamides is 1. The second-order valence-electron chi connectivity index (χ2n) is 10.6. The summed E-state index contributed by atoms with van der Waals surface area (Å²) in [5.74, 6) is -0.470. The van der Waals surface area contributed by atoms with Crippen LogP contribution < -0.4 is 14.9 Å². The van der Waals surface area contributed by atoms with Crippen LogP contribution in [0, 0.1) is 13.8 Å². The first-order chi connectivity index (χ1) is 17.7. The van der Waals surface area contributed by atoms with Gasteiger partial charge in [0, 0.05) is 29.9 Å². The predicted octanol–water partition coefficient (Wildman–Crippen LogP) is 6.04. The first-order valence-electron chi connectivity index (χ1n) is 12.6. The van der Waals surface area contributed by atoms with Crippen molar-refractivity contribution in [2.45, 2.75) is 52.9 Å². The summed E-state index contributed by atoms with van der Waals surface area (Å²) < 4.78 is 26.2. The van der Waals surface area contributed by atoms with Crippen LogP contribution in [0.3, 0.4) is 0 Å². The molecule has 3 aromatic carbocycles. The van der Waals surface area contributed by atoms with Gasteiger partial charge in [0.2, 0.25) is 15.9 Å². The van der Waals surface area contributed by atoms with Gasteiger partial charge in [-0.15, -0.1) is 0 Å². The topological polar surface area (TPSA) is 95.6 Å². The van der Waals surface area contributed by atoms with Crippen molar-refractivity contribution in [3.8, 4) is 0 Å². The molecule has 2 amide bonds. The molecule has 0 saturated heterocycles. The van der Waals surface area contributed by atoms with Gasteiger partial charge in [-0.05, 0) is 78.8 Å². The van der Waals surface area contributed by atoms with E-state index in [2.05, 4.69) is 31.4 Å². The van der Waals surface area contributed by atoms with E-state index in [0.29, 0.717) is 29.0 Å². The highest BCUT2D eigenvalue weighted by Crippen LogP contribution is 2.25. The third-order valence-corrected chi connectivity index (χ3v) is 7.40. The summed E-state index contributed by atoms with van der Waals surface area (Å²) >= 11 is 0. The van der Waals surface area contributed by atoms with Crippen LogP contribution in [0.25, 0.3) is 0 Å². The lowest BCUT2D eigenvalue weighted by molar-refractivity contribution is -0.116. The van der Waals surface area contributed by atoms with E-state index in [1.165, 1.54) is 10.6 Å². The third kappa shape index (κ3) is 7.92. The molecule has 0 aliphatic rings. The second kappa shape index (κ2) is 11.8. The number of hydrogen-bond acceptors (Lipinski definition) is 4. The van der Waals surface area contributed by atoms with Gasteiger partial charge in [-0.1, -0.05) is 51.1 Å². The molecular formula is C30H37N3O4S. The highest BCUT2D eigenvalue weighted by Gasteiger charge is 2.20. The van der Waals surface area contributed by atoms with E-state index >= 15 is 0 Å². The number of rotatable bonds is 9. The van der Waals surface area contributed by atoms with Gasteiger partial charge in [0.1, 0.15) is 0 Å². The van der Waals surface area contributed by atoms with E-state index in [9.17, 15) is 18.0 Å². The molecule has 3 aromatic rings. The fraction of sp³-hybridized carbons (Fsp3) is 0.333. The van der Waals surface area contributed by atoms with Gasteiger partial charge in [0.15, 0.2) is 0 Å². The van der Waals surface area contributed by atoms with Crippen molar-refractivity contribution in [2.75, 3.05) is 27.7 Å². The minimum atomic E-state index is -3.50. The van der Waals surface area contributed by atoms with Gasteiger partial charge in [-0.3, -0.25) is 13.9 Å². The average molecular weight is 536 g/mol. The minimum Gasteiger partial charge on any atom is -0.326 e. The maximum atomic E-state index is 12.7. The Bertz CT molecular complexity index is 1410. The monoisotopic (exact) mass is 535 g/mol. The highest BCUT2D eigenvalue weighted by molar-refractivity contribution is 7.92. The van der Waals surface area contributed by atoms with Crippen molar-refractivity contribution in [2.24, 2.45) is 0 Å². The maximum Gasteiger partial charge on any atom is 0.255 e. The molecule has 0 saturated carbocycles. The molecule has 3 rings (SSSR count). The summed E-state index contributed by atoms with van der Waals surface area (Å²) in [5.41, 5.74) is 5.25. The van der Waals surface area contributed by atoms with Gasteiger partial charge >= 0.3 is 0 Å². The molecule has 8 heteroatoms. The van der Waals surface area contributed by atoms with Crippen molar-refractivity contribution in [3.63, 3.8) is 0 Å². The summed E-state index contributed by atoms with van der Waals surface area (Å²) in [4.78, 5) is 25.3. The van der Waals surface area contributed by atoms with E-state index < -0.39 is 10.0 Å². The van der Waals surface area contributed by atoms with Gasteiger partial charge < -0.3 is 10.6 Å². The van der Waals surface area contributed by atoms with Crippen LogP contribution in [0.15, 0.2) is 66.7 Å². The average Bonchev–Trinajstić information content (AvgIpc) is 2.82. The smallest absolute Gasteiger partial charge is 0.255 e. The van der Waals surface area contributed by atoms with Crippen LogP contribution in [0.1, 0.15) is 60.7 Å². The standard InChI is InChI=1S/C30H37N3O4S/c1-21-12-13-22(2)27(19-21)33(38(6,36)37)18-8-11-28(34)31-25-9-7-10-26(20-25)32-29(35)23-14-16-24(17-15-23)30(3,4)5/h7,9-10,12-17,19-20H,8,11,18H2,1-6H3,(H,31,34)(H,32,35). The largest absolute Gasteiger partial charge is 0.326 e. The molecule has 0 bridgehead atoms. The summed E-state index contributed by atoms with van der Waals surface area (Å²) in [5, 5.41) is 5.70. The Labute approximate surface area is 226 Å². The lowest BCUT2D eigenvalue weighted by Gasteiger charge is -2.24. The first kappa shape index (κ1) is 28.9.